The molecule has 5 nitrogen and oxygen atoms in total. The van der Waals surface area contributed by atoms with Crippen molar-refractivity contribution in [2.45, 2.75) is 24.3 Å². The molecule has 2 aromatic carbocycles. The first kappa shape index (κ1) is 18.6. The van der Waals surface area contributed by atoms with E-state index in [1.807, 2.05) is 19.1 Å². The second kappa shape index (κ2) is 7.88. The molecule has 0 spiro atoms. The topological polar surface area (TPSA) is 64.6 Å². The molecule has 0 aliphatic heterocycles. The van der Waals surface area contributed by atoms with Crippen LogP contribution in [-0.2, 0) is 10.0 Å². The third-order valence-corrected chi connectivity index (χ3v) is 5.38. The van der Waals surface area contributed by atoms with Crippen LogP contribution in [0.2, 0.25) is 5.02 Å². The average molecular weight is 370 g/mol. The lowest BCUT2D eigenvalue weighted by atomic mass is 10.1. The highest BCUT2D eigenvalue weighted by Gasteiger charge is 2.24. The van der Waals surface area contributed by atoms with Gasteiger partial charge in [0.2, 0.25) is 10.0 Å². The van der Waals surface area contributed by atoms with Gasteiger partial charge in [0, 0.05) is 17.1 Å². The van der Waals surface area contributed by atoms with Gasteiger partial charge < -0.3 is 9.47 Å². The summed E-state index contributed by atoms with van der Waals surface area (Å²) in [5.74, 6) is 0.699. The van der Waals surface area contributed by atoms with Crippen LogP contribution in [0.1, 0.15) is 24.9 Å². The van der Waals surface area contributed by atoms with Gasteiger partial charge in [-0.05, 0) is 36.2 Å². The SMILES string of the molecule is CC[C@@H](NS(=O)(=O)c1cc(OC)ccc1OC)c1ccc(Cl)cc1. The van der Waals surface area contributed by atoms with E-state index in [1.54, 1.807) is 24.3 Å². The number of nitrogens with one attached hydrogen (secondary N) is 1. The fraction of sp³-hybridized carbons (Fsp3) is 0.294. The molecular formula is C17H20ClNO4S. The van der Waals surface area contributed by atoms with Gasteiger partial charge in [-0.15, -0.1) is 0 Å². The Morgan fingerprint density at radius 1 is 1.08 bits per heavy atom. The second-order valence-corrected chi connectivity index (χ2v) is 7.27. The van der Waals surface area contributed by atoms with Crippen LogP contribution in [0.3, 0.4) is 0 Å². The number of methoxy groups -OCH3 is 2. The van der Waals surface area contributed by atoms with E-state index in [4.69, 9.17) is 21.1 Å². The van der Waals surface area contributed by atoms with Crippen molar-refractivity contribution in [3.8, 4) is 11.5 Å². The lowest BCUT2D eigenvalue weighted by molar-refractivity contribution is 0.391. The van der Waals surface area contributed by atoms with E-state index in [9.17, 15) is 8.42 Å². The minimum atomic E-state index is -3.79. The summed E-state index contributed by atoms with van der Waals surface area (Å²) in [5.41, 5.74) is 0.840. The molecule has 0 aliphatic carbocycles. The van der Waals surface area contributed by atoms with Crippen molar-refractivity contribution >= 4 is 21.6 Å². The van der Waals surface area contributed by atoms with Crippen LogP contribution >= 0.6 is 11.6 Å². The lowest BCUT2D eigenvalue weighted by Gasteiger charge is -2.19. The van der Waals surface area contributed by atoms with E-state index >= 15 is 0 Å². The van der Waals surface area contributed by atoms with E-state index in [-0.39, 0.29) is 16.7 Å². The molecule has 0 amide bonds. The number of hydrogen-bond acceptors (Lipinski definition) is 4. The highest BCUT2D eigenvalue weighted by atomic mass is 35.5. The lowest BCUT2D eigenvalue weighted by Crippen LogP contribution is -2.28. The molecule has 2 aromatic rings. The summed E-state index contributed by atoms with van der Waals surface area (Å²) in [6, 6.07) is 11.4. The van der Waals surface area contributed by atoms with Crippen LogP contribution in [0, 0.1) is 0 Å². The number of ether oxygens (including phenoxy) is 2. The average Bonchev–Trinajstić information content (AvgIpc) is 2.60. The first-order chi connectivity index (χ1) is 11.4. The smallest absolute Gasteiger partial charge is 0.244 e. The van der Waals surface area contributed by atoms with Crippen molar-refractivity contribution < 1.29 is 17.9 Å². The Morgan fingerprint density at radius 3 is 2.29 bits per heavy atom. The Bertz CT molecular complexity index is 791. The molecule has 0 bridgehead atoms. The number of hydrogen-bond donors (Lipinski definition) is 1. The summed E-state index contributed by atoms with van der Waals surface area (Å²) >= 11 is 5.89. The zero-order valence-corrected chi connectivity index (χ0v) is 15.3. The van der Waals surface area contributed by atoms with Crippen molar-refractivity contribution in [1.29, 1.82) is 0 Å². The maximum absolute atomic E-state index is 12.8. The molecule has 0 fully saturated rings. The van der Waals surface area contributed by atoms with Crippen LogP contribution in [0.4, 0.5) is 0 Å². The molecule has 0 unspecified atom stereocenters. The molecule has 7 heteroatoms. The van der Waals surface area contributed by atoms with Crippen molar-refractivity contribution in [3.63, 3.8) is 0 Å². The number of rotatable bonds is 7. The molecule has 130 valence electrons. The van der Waals surface area contributed by atoms with Gasteiger partial charge >= 0.3 is 0 Å². The highest BCUT2D eigenvalue weighted by Crippen LogP contribution is 2.30. The first-order valence-corrected chi connectivity index (χ1v) is 9.27. The maximum Gasteiger partial charge on any atom is 0.244 e. The summed E-state index contributed by atoms with van der Waals surface area (Å²) in [5, 5.41) is 0.603. The van der Waals surface area contributed by atoms with E-state index in [0.29, 0.717) is 17.2 Å². The third-order valence-electron chi connectivity index (χ3n) is 3.64. The minimum Gasteiger partial charge on any atom is -0.497 e. The van der Waals surface area contributed by atoms with Gasteiger partial charge in [0.1, 0.15) is 16.4 Å². The normalized spacial score (nSPS) is 12.7. The fourth-order valence-electron chi connectivity index (χ4n) is 2.33. The Balaban J connectivity index is 2.37. The van der Waals surface area contributed by atoms with Gasteiger partial charge in [-0.3, -0.25) is 0 Å². The van der Waals surface area contributed by atoms with Crippen LogP contribution in [0.5, 0.6) is 11.5 Å². The number of sulfonamides is 1. The molecule has 0 radical (unpaired) electrons. The molecule has 0 aliphatic rings. The monoisotopic (exact) mass is 369 g/mol. The van der Waals surface area contributed by atoms with E-state index < -0.39 is 10.0 Å². The highest BCUT2D eigenvalue weighted by molar-refractivity contribution is 7.89. The Labute approximate surface area is 147 Å². The van der Waals surface area contributed by atoms with Crippen molar-refractivity contribution in [1.82, 2.24) is 4.72 Å². The fourth-order valence-corrected chi connectivity index (χ4v) is 3.94. The van der Waals surface area contributed by atoms with Gasteiger partial charge in [0.25, 0.3) is 0 Å². The van der Waals surface area contributed by atoms with Crippen molar-refractivity contribution in [2.24, 2.45) is 0 Å². The quantitative estimate of drug-likeness (QED) is 0.806. The third kappa shape index (κ3) is 4.20. The number of halogens is 1. The summed E-state index contributed by atoms with van der Waals surface area (Å²) in [6.07, 6.45) is 0.590. The Morgan fingerprint density at radius 2 is 1.75 bits per heavy atom. The molecular weight excluding hydrogens is 350 g/mol. The molecule has 0 saturated heterocycles. The zero-order valence-electron chi connectivity index (χ0n) is 13.7. The molecule has 0 heterocycles. The summed E-state index contributed by atoms with van der Waals surface area (Å²) < 4.78 is 38.6. The molecule has 1 N–H and O–H groups in total. The van der Waals surface area contributed by atoms with Crippen LogP contribution < -0.4 is 14.2 Å². The maximum atomic E-state index is 12.8. The van der Waals surface area contributed by atoms with Crippen LogP contribution in [0.25, 0.3) is 0 Å². The van der Waals surface area contributed by atoms with Crippen LogP contribution in [0.15, 0.2) is 47.4 Å². The Kier molecular flexibility index (Phi) is 6.10. The van der Waals surface area contributed by atoms with Gasteiger partial charge in [0.15, 0.2) is 0 Å². The van der Waals surface area contributed by atoms with Gasteiger partial charge in [0.05, 0.1) is 14.2 Å². The molecule has 0 saturated carbocycles. The first-order valence-electron chi connectivity index (χ1n) is 7.41. The predicted molar refractivity (Wildman–Crippen MR) is 94.4 cm³/mol. The van der Waals surface area contributed by atoms with Gasteiger partial charge in [-0.2, -0.15) is 0 Å². The number of benzene rings is 2. The van der Waals surface area contributed by atoms with Crippen molar-refractivity contribution in [3.05, 3.63) is 53.1 Å². The minimum absolute atomic E-state index is 0.0387. The van der Waals surface area contributed by atoms with Crippen molar-refractivity contribution in [2.75, 3.05) is 14.2 Å². The second-order valence-electron chi connectivity index (χ2n) is 5.15. The van der Waals surface area contributed by atoms with E-state index in [0.717, 1.165) is 5.56 Å². The summed E-state index contributed by atoms with van der Waals surface area (Å²) in [6.45, 7) is 1.91. The predicted octanol–water partition coefficient (Wildman–Crippen LogP) is 3.79. The zero-order chi connectivity index (χ0) is 17.7. The molecule has 0 aromatic heterocycles. The van der Waals surface area contributed by atoms with E-state index in [1.165, 1.54) is 20.3 Å². The Hall–Kier alpha value is -1.76. The van der Waals surface area contributed by atoms with Gasteiger partial charge in [-0.1, -0.05) is 30.7 Å². The van der Waals surface area contributed by atoms with Gasteiger partial charge in [-0.25, -0.2) is 13.1 Å². The molecule has 1 atom stereocenters. The standard InChI is InChI=1S/C17H20ClNO4S/c1-4-15(12-5-7-13(18)8-6-12)19-24(20,21)17-11-14(22-2)9-10-16(17)23-3/h5-11,15,19H,4H2,1-3H3/t15-/m1/s1. The van der Waals surface area contributed by atoms with Crippen LogP contribution in [-0.4, -0.2) is 22.6 Å². The largest absolute Gasteiger partial charge is 0.497 e. The summed E-state index contributed by atoms with van der Waals surface area (Å²) in [4.78, 5) is 0.0387. The molecule has 2 rings (SSSR count). The molecule has 24 heavy (non-hydrogen) atoms. The van der Waals surface area contributed by atoms with E-state index in [2.05, 4.69) is 4.72 Å². The summed E-state index contributed by atoms with van der Waals surface area (Å²) in [7, 11) is -0.885.